The van der Waals surface area contributed by atoms with E-state index in [1.54, 1.807) is 0 Å². The minimum absolute atomic E-state index is 0.224. The van der Waals surface area contributed by atoms with Gasteiger partial charge < -0.3 is 9.80 Å². The average molecular weight is 258 g/mol. The van der Waals surface area contributed by atoms with E-state index < -0.39 is 0 Å². The van der Waals surface area contributed by atoms with E-state index in [0.29, 0.717) is 5.91 Å². The Kier molecular flexibility index (Phi) is 4.67. The van der Waals surface area contributed by atoms with Crippen molar-refractivity contribution in [3.8, 4) is 0 Å². The summed E-state index contributed by atoms with van der Waals surface area (Å²) >= 11 is 1.30. The molecule has 2 saturated heterocycles. The van der Waals surface area contributed by atoms with Crippen LogP contribution in [0.1, 0.15) is 12.8 Å². The lowest BCUT2D eigenvalue weighted by Crippen LogP contribution is -2.50. The van der Waals surface area contributed by atoms with Crippen molar-refractivity contribution in [3.05, 3.63) is 0 Å². The standard InChI is InChI=1S/C11H22N4OS/c1-13-6-8-14(9-7-13)11(16)10-2-4-15(17-12)5-3-10/h10H,2-9,12H2,1H3. The summed E-state index contributed by atoms with van der Waals surface area (Å²) in [7, 11) is 2.11. The second-order valence-corrected chi connectivity index (χ2v) is 5.66. The van der Waals surface area contributed by atoms with Gasteiger partial charge in [0.05, 0.1) is 0 Å². The fraction of sp³-hybridized carbons (Fsp3) is 0.909. The van der Waals surface area contributed by atoms with Crippen LogP contribution in [0, 0.1) is 5.92 Å². The average Bonchev–Trinajstić information content (AvgIpc) is 2.39. The zero-order chi connectivity index (χ0) is 12.3. The molecule has 0 unspecified atom stereocenters. The fourth-order valence-electron chi connectivity index (χ4n) is 2.49. The van der Waals surface area contributed by atoms with Crippen LogP contribution in [0.4, 0.5) is 0 Å². The molecule has 0 aromatic heterocycles. The van der Waals surface area contributed by atoms with Crippen LogP contribution in [0.25, 0.3) is 0 Å². The molecule has 0 aromatic carbocycles. The van der Waals surface area contributed by atoms with Gasteiger partial charge in [0.1, 0.15) is 0 Å². The van der Waals surface area contributed by atoms with Gasteiger partial charge in [-0.25, -0.2) is 4.31 Å². The van der Waals surface area contributed by atoms with Crippen LogP contribution in [0.3, 0.4) is 0 Å². The van der Waals surface area contributed by atoms with Crippen LogP contribution < -0.4 is 5.14 Å². The maximum atomic E-state index is 12.3. The van der Waals surface area contributed by atoms with E-state index in [4.69, 9.17) is 5.14 Å². The quantitative estimate of drug-likeness (QED) is 0.706. The monoisotopic (exact) mass is 258 g/mol. The zero-order valence-electron chi connectivity index (χ0n) is 10.5. The third-order valence-electron chi connectivity index (χ3n) is 3.77. The van der Waals surface area contributed by atoms with Gasteiger partial charge in [-0.3, -0.25) is 9.93 Å². The van der Waals surface area contributed by atoms with Crippen molar-refractivity contribution in [1.82, 2.24) is 14.1 Å². The van der Waals surface area contributed by atoms with Crippen molar-refractivity contribution in [2.75, 3.05) is 46.3 Å². The highest BCUT2D eigenvalue weighted by atomic mass is 32.2. The van der Waals surface area contributed by atoms with Crippen LogP contribution in [-0.2, 0) is 4.79 Å². The van der Waals surface area contributed by atoms with Crippen molar-refractivity contribution in [2.24, 2.45) is 11.1 Å². The zero-order valence-corrected chi connectivity index (χ0v) is 11.3. The Morgan fingerprint density at radius 2 is 1.71 bits per heavy atom. The van der Waals surface area contributed by atoms with Crippen molar-refractivity contribution < 1.29 is 4.79 Å². The van der Waals surface area contributed by atoms with Gasteiger partial charge in [-0.15, -0.1) is 0 Å². The van der Waals surface area contributed by atoms with Gasteiger partial charge >= 0.3 is 0 Å². The molecule has 2 rings (SSSR count). The first-order valence-corrected chi connectivity index (χ1v) is 7.13. The van der Waals surface area contributed by atoms with Crippen molar-refractivity contribution >= 4 is 18.0 Å². The summed E-state index contributed by atoms with van der Waals surface area (Å²) < 4.78 is 2.13. The van der Waals surface area contributed by atoms with Gasteiger partial charge in [-0.05, 0) is 19.9 Å². The molecule has 0 saturated carbocycles. The van der Waals surface area contributed by atoms with E-state index in [1.165, 1.54) is 12.1 Å². The summed E-state index contributed by atoms with van der Waals surface area (Å²) in [5.41, 5.74) is 0. The van der Waals surface area contributed by atoms with Crippen LogP contribution in [0.5, 0.6) is 0 Å². The molecule has 2 fully saturated rings. The Balaban J connectivity index is 1.80. The summed E-state index contributed by atoms with van der Waals surface area (Å²) in [6.45, 7) is 5.66. The predicted molar refractivity (Wildman–Crippen MR) is 70.2 cm³/mol. The van der Waals surface area contributed by atoms with E-state index in [-0.39, 0.29) is 5.92 Å². The molecular weight excluding hydrogens is 236 g/mol. The van der Waals surface area contributed by atoms with Gasteiger partial charge in [-0.2, -0.15) is 0 Å². The number of piperidine rings is 1. The summed E-state index contributed by atoms with van der Waals surface area (Å²) in [4.78, 5) is 16.6. The van der Waals surface area contributed by atoms with E-state index >= 15 is 0 Å². The van der Waals surface area contributed by atoms with Crippen LogP contribution in [0.2, 0.25) is 0 Å². The highest BCUT2D eigenvalue weighted by molar-refractivity contribution is 7.94. The van der Waals surface area contributed by atoms with Gasteiger partial charge in [0.15, 0.2) is 0 Å². The Morgan fingerprint density at radius 1 is 1.12 bits per heavy atom. The Bertz CT molecular complexity index is 260. The lowest BCUT2D eigenvalue weighted by molar-refractivity contribution is -0.138. The number of nitrogens with zero attached hydrogens (tertiary/aromatic N) is 3. The lowest BCUT2D eigenvalue weighted by atomic mass is 9.96. The van der Waals surface area contributed by atoms with Crippen molar-refractivity contribution in [2.45, 2.75) is 12.8 Å². The van der Waals surface area contributed by atoms with Crippen LogP contribution >= 0.6 is 12.1 Å². The molecule has 2 aliphatic heterocycles. The van der Waals surface area contributed by atoms with Crippen molar-refractivity contribution in [3.63, 3.8) is 0 Å². The minimum Gasteiger partial charge on any atom is -0.340 e. The molecule has 0 radical (unpaired) electrons. The first-order chi connectivity index (χ1) is 8.20. The molecule has 0 aromatic rings. The molecule has 98 valence electrons. The van der Waals surface area contributed by atoms with E-state index in [9.17, 15) is 4.79 Å². The molecule has 0 aliphatic carbocycles. The van der Waals surface area contributed by atoms with E-state index in [0.717, 1.165) is 52.1 Å². The molecule has 2 aliphatic rings. The molecule has 2 N–H and O–H groups in total. The topological polar surface area (TPSA) is 52.8 Å². The van der Waals surface area contributed by atoms with Gasteiger partial charge in [0.25, 0.3) is 0 Å². The Hall–Kier alpha value is -0.300. The maximum Gasteiger partial charge on any atom is 0.225 e. The Morgan fingerprint density at radius 3 is 2.24 bits per heavy atom. The maximum absolute atomic E-state index is 12.3. The van der Waals surface area contributed by atoms with Gasteiger partial charge in [-0.1, -0.05) is 0 Å². The smallest absolute Gasteiger partial charge is 0.225 e. The molecule has 6 heteroatoms. The molecule has 5 nitrogen and oxygen atoms in total. The molecule has 2 heterocycles. The number of amides is 1. The SMILES string of the molecule is CN1CCN(C(=O)C2CCN(SN)CC2)CC1. The number of hydrogen-bond donors (Lipinski definition) is 1. The molecule has 0 atom stereocenters. The highest BCUT2D eigenvalue weighted by Gasteiger charge is 2.29. The number of carbonyl (C=O) groups is 1. The highest BCUT2D eigenvalue weighted by Crippen LogP contribution is 2.22. The second-order valence-electron chi connectivity index (χ2n) is 4.94. The fourth-order valence-corrected chi connectivity index (χ4v) is 2.91. The second kappa shape index (κ2) is 6.04. The largest absolute Gasteiger partial charge is 0.340 e. The van der Waals surface area contributed by atoms with Gasteiger partial charge in [0.2, 0.25) is 5.91 Å². The number of piperazine rings is 1. The minimum atomic E-state index is 0.224. The lowest BCUT2D eigenvalue weighted by Gasteiger charge is -2.36. The number of hydrogen-bond acceptors (Lipinski definition) is 5. The van der Waals surface area contributed by atoms with Crippen molar-refractivity contribution in [1.29, 1.82) is 0 Å². The summed E-state index contributed by atoms with van der Waals surface area (Å²) in [5, 5.41) is 5.52. The number of carbonyl (C=O) groups excluding carboxylic acids is 1. The van der Waals surface area contributed by atoms with Crippen LogP contribution in [0.15, 0.2) is 0 Å². The van der Waals surface area contributed by atoms with E-state index in [2.05, 4.69) is 16.3 Å². The third-order valence-corrected chi connectivity index (χ3v) is 4.43. The molecule has 17 heavy (non-hydrogen) atoms. The first kappa shape index (κ1) is 13.1. The molecule has 0 spiro atoms. The number of likely N-dealkylation sites (N-methyl/N-ethyl adjacent to an activating group) is 1. The first-order valence-electron chi connectivity index (χ1n) is 6.30. The van der Waals surface area contributed by atoms with Crippen LogP contribution in [-0.4, -0.2) is 66.3 Å². The normalized spacial score (nSPS) is 25.2. The third kappa shape index (κ3) is 3.34. The molecule has 0 bridgehead atoms. The Labute approximate surface area is 108 Å². The molecule has 1 amide bonds. The summed E-state index contributed by atoms with van der Waals surface area (Å²) in [6, 6.07) is 0. The predicted octanol–water partition coefficient (Wildman–Crippen LogP) is -0.00570. The molecular formula is C11H22N4OS. The van der Waals surface area contributed by atoms with Gasteiger partial charge in [0, 0.05) is 57.3 Å². The number of rotatable bonds is 2. The summed E-state index contributed by atoms with van der Waals surface area (Å²) in [5.74, 6) is 0.585. The summed E-state index contributed by atoms with van der Waals surface area (Å²) in [6.07, 6.45) is 1.91. The number of nitrogens with two attached hydrogens (primary N) is 1. The van der Waals surface area contributed by atoms with E-state index in [1.807, 2.05) is 4.90 Å².